The molecule has 0 amide bonds. The molecule has 1 aliphatic heterocycles. The van der Waals surface area contributed by atoms with Gasteiger partial charge in [0.1, 0.15) is 11.6 Å². The van der Waals surface area contributed by atoms with Crippen molar-refractivity contribution < 1.29 is 19.4 Å². The average molecular weight is 536 g/mol. The van der Waals surface area contributed by atoms with Crippen LogP contribution in [0.5, 0.6) is 5.75 Å². The lowest BCUT2D eigenvalue weighted by Gasteiger charge is -2.26. The fourth-order valence-corrected chi connectivity index (χ4v) is 3.72. The number of hydrogen-bond acceptors (Lipinski definition) is 9. The van der Waals surface area contributed by atoms with Crippen LogP contribution >= 0.6 is 23.2 Å². The fourth-order valence-electron chi connectivity index (χ4n) is 3.21. The minimum Gasteiger partial charge on any atom is -0.506 e. The third kappa shape index (κ3) is 8.21. The SMILES string of the molecule is CC(=O)O.Oc1c(Cl)cc(Cl)cc1/C=N/Nc1nc(Nc2ccc(F)cc2)nc(N2CCCCC2)n1. The fraction of sp³-hybridized carbons (Fsp3) is 0.261. The monoisotopic (exact) mass is 535 g/mol. The highest BCUT2D eigenvalue weighted by atomic mass is 35.5. The van der Waals surface area contributed by atoms with Gasteiger partial charge in [-0.05, 0) is 55.7 Å². The number of aromatic hydroxyl groups is 1. The van der Waals surface area contributed by atoms with Crippen molar-refractivity contribution in [1.29, 1.82) is 0 Å². The largest absolute Gasteiger partial charge is 0.506 e. The lowest BCUT2D eigenvalue weighted by atomic mass is 10.1. The molecule has 2 heterocycles. The number of benzene rings is 2. The number of aromatic nitrogens is 3. The summed E-state index contributed by atoms with van der Waals surface area (Å²) in [6.45, 7) is 2.77. The predicted molar refractivity (Wildman–Crippen MR) is 138 cm³/mol. The van der Waals surface area contributed by atoms with Gasteiger partial charge >= 0.3 is 0 Å². The summed E-state index contributed by atoms with van der Waals surface area (Å²) >= 11 is 11.9. The second kappa shape index (κ2) is 12.8. The van der Waals surface area contributed by atoms with Crippen LogP contribution in [-0.2, 0) is 4.79 Å². The zero-order valence-corrected chi connectivity index (χ0v) is 20.8. The van der Waals surface area contributed by atoms with Crippen LogP contribution < -0.4 is 15.6 Å². The Morgan fingerprint density at radius 3 is 2.39 bits per heavy atom. The number of aliphatic carboxylic acids is 1. The maximum absolute atomic E-state index is 13.2. The van der Waals surface area contributed by atoms with Crippen LogP contribution in [0.3, 0.4) is 0 Å². The van der Waals surface area contributed by atoms with Crippen molar-refractivity contribution in [3.8, 4) is 5.75 Å². The number of piperidine rings is 1. The van der Waals surface area contributed by atoms with Crippen LogP contribution in [0.25, 0.3) is 0 Å². The molecule has 10 nitrogen and oxygen atoms in total. The van der Waals surface area contributed by atoms with E-state index in [9.17, 15) is 9.50 Å². The summed E-state index contributed by atoms with van der Waals surface area (Å²) in [6, 6.07) is 8.85. The first-order valence-electron chi connectivity index (χ1n) is 10.9. The molecule has 0 spiro atoms. The van der Waals surface area contributed by atoms with Crippen LogP contribution in [0.4, 0.5) is 27.9 Å². The smallest absolute Gasteiger partial charge is 0.300 e. The summed E-state index contributed by atoms with van der Waals surface area (Å²) in [5.74, 6) is -0.297. The Morgan fingerprint density at radius 1 is 1.08 bits per heavy atom. The highest BCUT2D eigenvalue weighted by Gasteiger charge is 2.16. The number of phenolic OH excluding ortho intramolecular Hbond substituents is 1. The molecule has 190 valence electrons. The van der Waals surface area contributed by atoms with Gasteiger partial charge in [0.25, 0.3) is 5.97 Å². The summed E-state index contributed by atoms with van der Waals surface area (Å²) in [5.41, 5.74) is 3.73. The Morgan fingerprint density at radius 2 is 1.72 bits per heavy atom. The molecule has 4 rings (SSSR count). The van der Waals surface area contributed by atoms with Gasteiger partial charge in [-0.15, -0.1) is 0 Å². The quantitative estimate of drug-likeness (QED) is 0.245. The van der Waals surface area contributed by atoms with Crippen LogP contribution in [0.1, 0.15) is 31.7 Å². The lowest BCUT2D eigenvalue weighted by molar-refractivity contribution is -0.134. The standard InChI is InChI=1S/C21H20Cl2FN7O.C2H4O2/c22-14-10-13(18(32)17(23)11-14)12-25-30-20-27-19(26-16-6-4-15(24)5-7-16)28-21(29-20)31-8-2-1-3-9-31;1-2(3)4/h4-7,10-12,32H,1-3,8-9H2,(H2,26,27,28,29,30);1H3,(H,3,4)/b25-12+;. The van der Waals surface area contributed by atoms with Gasteiger partial charge in [-0.25, -0.2) is 9.82 Å². The summed E-state index contributed by atoms with van der Waals surface area (Å²) < 4.78 is 13.2. The van der Waals surface area contributed by atoms with Gasteiger partial charge in [0.2, 0.25) is 17.8 Å². The Hall–Kier alpha value is -3.70. The molecule has 0 aliphatic carbocycles. The number of carboxylic acid groups (broad SMARTS) is 1. The lowest BCUT2D eigenvalue weighted by Crippen LogP contribution is -2.31. The molecule has 1 saturated heterocycles. The van der Waals surface area contributed by atoms with E-state index in [1.54, 1.807) is 12.1 Å². The van der Waals surface area contributed by atoms with Gasteiger partial charge in [-0.1, -0.05) is 23.2 Å². The predicted octanol–water partition coefficient (Wildman–Crippen LogP) is 5.29. The molecule has 1 fully saturated rings. The first kappa shape index (κ1) is 26.9. The Kier molecular flexibility index (Phi) is 9.60. The maximum atomic E-state index is 13.2. The molecule has 13 heteroatoms. The van der Waals surface area contributed by atoms with E-state index in [0.29, 0.717) is 28.2 Å². The number of nitrogens with one attached hydrogen (secondary N) is 2. The number of carboxylic acids is 1. The highest BCUT2D eigenvalue weighted by Crippen LogP contribution is 2.30. The van der Waals surface area contributed by atoms with E-state index < -0.39 is 5.97 Å². The third-order valence-corrected chi connectivity index (χ3v) is 5.30. The van der Waals surface area contributed by atoms with Crippen molar-refractivity contribution in [1.82, 2.24) is 15.0 Å². The summed E-state index contributed by atoms with van der Waals surface area (Å²) in [7, 11) is 0. The van der Waals surface area contributed by atoms with Gasteiger partial charge in [-0.3, -0.25) is 4.79 Å². The van der Waals surface area contributed by atoms with Crippen LogP contribution in [0.2, 0.25) is 10.0 Å². The van der Waals surface area contributed by atoms with Crippen molar-refractivity contribution in [3.05, 3.63) is 57.8 Å². The van der Waals surface area contributed by atoms with Gasteiger partial charge in [0, 0.05) is 36.3 Å². The van der Waals surface area contributed by atoms with Gasteiger partial charge in [0.05, 0.1) is 11.2 Å². The van der Waals surface area contributed by atoms with Crippen LogP contribution in [0, 0.1) is 5.82 Å². The summed E-state index contributed by atoms with van der Waals surface area (Å²) in [6.07, 6.45) is 4.65. The molecule has 1 aromatic heterocycles. The Balaban J connectivity index is 0.000000840. The van der Waals surface area contributed by atoms with E-state index in [-0.39, 0.29) is 22.5 Å². The third-order valence-electron chi connectivity index (χ3n) is 4.79. The van der Waals surface area contributed by atoms with E-state index in [1.165, 1.54) is 36.9 Å². The average Bonchev–Trinajstić information content (AvgIpc) is 2.84. The number of phenols is 1. The van der Waals surface area contributed by atoms with Crippen LogP contribution in [0.15, 0.2) is 41.5 Å². The Bertz CT molecular complexity index is 1220. The molecule has 0 bridgehead atoms. The normalized spacial score (nSPS) is 13.2. The van der Waals surface area contributed by atoms with E-state index in [0.717, 1.165) is 32.9 Å². The highest BCUT2D eigenvalue weighted by molar-refractivity contribution is 6.36. The zero-order valence-electron chi connectivity index (χ0n) is 19.2. The molecule has 1 aliphatic rings. The van der Waals surface area contributed by atoms with E-state index in [2.05, 4.69) is 35.7 Å². The van der Waals surface area contributed by atoms with Crippen molar-refractivity contribution in [2.24, 2.45) is 5.10 Å². The molecule has 4 N–H and O–H groups in total. The molecule has 3 aromatic rings. The van der Waals surface area contributed by atoms with Crippen molar-refractivity contribution in [2.45, 2.75) is 26.2 Å². The first-order chi connectivity index (χ1) is 17.2. The van der Waals surface area contributed by atoms with Gasteiger partial charge < -0.3 is 20.4 Å². The number of hydrazone groups is 1. The number of rotatable bonds is 6. The van der Waals surface area contributed by atoms with Gasteiger partial charge in [-0.2, -0.15) is 20.1 Å². The summed E-state index contributed by atoms with van der Waals surface area (Å²) in [4.78, 5) is 24.4. The topological polar surface area (TPSA) is 136 Å². The molecular weight excluding hydrogens is 512 g/mol. The molecule has 2 aromatic carbocycles. The number of nitrogens with zero attached hydrogens (tertiary/aromatic N) is 5. The molecular formula is C23H24Cl2FN7O3. The molecule has 0 unspecified atom stereocenters. The molecule has 36 heavy (non-hydrogen) atoms. The van der Waals surface area contributed by atoms with Crippen molar-refractivity contribution in [3.63, 3.8) is 0 Å². The van der Waals surface area contributed by atoms with E-state index in [1.807, 2.05) is 0 Å². The second-order valence-corrected chi connectivity index (χ2v) is 8.52. The Labute approximate surface area is 216 Å². The van der Waals surface area contributed by atoms with Gasteiger partial charge in [0.15, 0.2) is 0 Å². The van der Waals surface area contributed by atoms with Crippen LogP contribution in [-0.4, -0.2) is 50.4 Å². The number of hydrogen-bond donors (Lipinski definition) is 4. The minimum absolute atomic E-state index is 0.122. The van der Waals surface area contributed by atoms with E-state index >= 15 is 0 Å². The van der Waals surface area contributed by atoms with Crippen molar-refractivity contribution in [2.75, 3.05) is 28.7 Å². The number of carbonyl (C=O) groups is 1. The van der Waals surface area contributed by atoms with Crippen molar-refractivity contribution >= 4 is 58.9 Å². The first-order valence-corrected chi connectivity index (χ1v) is 11.7. The molecule has 0 saturated carbocycles. The maximum Gasteiger partial charge on any atom is 0.300 e. The second-order valence-electron chi connectivity index (χ2n) is 7.68. The summed E-state index contributed by atoms with van der Waals surface area (Å²) in [5, 5.41) is 25.1. The number of anilines is 4. The van der Waals surface area contributed by atoms with E-state index in [4.69, 9.17) is 33.1 Å². The number of halogens is 3. The minimum atomic E-state index is -0.833. The molecule has 0 atom stereocenters. The zero-order chi connectivity index (χ0) is 26.1. The molecule has 0 radical (unpaired) electrons.